The van der Waals surface area contributed by atoms with Crippen molar-refractivity contribution in [2.75, 3.05) is 19.0 Å². The second-order valence-corrected chi connectivity index (χ2v) is 4.68. The van der Waals surface area contributed by atoms with Gasteiger partial charge in [-0.05, 0) is 18.2 Å². The molecule has 7 heteroatoms. The van der Waals surface area contributed by atoms with E-state index in [0.717, 1.165) is 4.90 Å². The molecule has 0 aliphatic carbocycles. The third kappa shape index (κ3) is 3.08. The number of hydrogen-bond acceptors (Lipinski definition) is 4. The topological polar surface area (TPSA) is 75.7 Å². The molecular weight excluding hydrogens is 284 g/mol. The number of anilines is 1. The maximum Gasteiger partial charge on any atom is 0.244 e. The maximum absolute atomic E-state index is 11.8. The van der Waals surface area contributed by atoms with Gasteiger partial charge in [-0.3, -0.25) is 19.3 Å². The van der Waals surface area contributed by atoms with Gasteiger partial charge in [-0.2, -0.15) is 0 Å². The van der Waals surface area contributed by atoms with Gasteiger partial charge in [0.15, 0.2) is 0 Å². The van der Waals surface area contributed by atoms with Crippen LogP contribution in [0.5, 0.6) is 5.75 Å². The quantitative estimate of drug-likeness (QED) is 0.853. The van der Waals surface area contributed by atoms with E-state index < -0.39 is 5.91 Å². The van der Waals surface area contributed by atoms with E-state index in [1.165, 1.54) is 13.2 Å². The molecule has 3 amide bonds. The minimum Gasteiger partial charge on any atom is -0.495 e. The van der Waals surface area contributed by atoms with Crippen molar-refractivity contribution in [1.82, 2.24) is 4.90 Å². The Labute approximate surface area is 120 Å². The number of amides is 3. The van der Waals surface area contributed by atoms with Crippen LogP contribution in [0.25, 0.3) is 0 Å². The number of nitrogens with zero attached hydrogens (tertiary/aromatic N) is 1. The summed E-state index contributed by atoms with van der Waals surface area (Å²) in [6, 6.07) is 4.77. The average molecular weight is 297 g/mol. The number of hydrogen-bond donors (Lipinski definition) is 1. The molecule has 0 bridgehead atoms. The largest absolute Gasteiger partial charge is 0.495 e. The fourth-order valence-corrected chi connectivity index (χ4v) is 2.15. The molecule has 0 saturated carbocycles. The van der Waals surface area contributed by atoms with E-state index in [1.807, 2.05) is 0 Å². The highest BCUT2D eigenvalue weighted by atomic mass is 35.5. The Kier molecular flexibility index (Phi) is 4.24. The molecule has 1 aliphatic rings. The first-order chi connectivity index (χ1) is 9.51. The molecule has 0 spiro atoms. The molecule has 0 atom stereocenters. The summed E-state index contributed by atoms with van der Waals surface area (Å²) in [5.74, 6) is -0.597. The van der Waals surface area contributed by atoms with Crippen LogP contribution in [0.2, 0.25) is 5.02 Å². The molecule has 0 aromatic heterocycles. The lowest BCUT2D eigenvalue weighted by molar-refractivity contribution is -0.141. The zero-order chi connectivity index (χ0) is 14.7. The first kappa shape index (κ1) is 14.3. The summed E-state index contributed by atoms with van der Waals surface area (Å²) in [6.45, 7) is -0.276. The predicted octanol–water partition coefficient (Wildman–Crippen LogP) is 1.44. The standard InChI is InChI=1S/C13H13ClN2O4/c1-20-10-3-2-8(6-9(10)14)15-11(17)7-16-12(18)4-5-13(16)19/h2-3,6H,4-5,7H2,1H3,(H,15,17). The van der Waals surface area contributed by atoms with Crippen LogP contribution in [0.3, 0.4) is 0 Å². The molecule has 20 heavy (non-hydrogen) atoms. The van der Waals surface area contributed by atoms with Crippen molar-refractivity contribution in [3.63, 3.8) is 0 Å². The molecule has 0 unspecified atom stereocenters. The summed E-state index contributed by atoms with van der Waals surface area (Å²) in [4.78, 5) is 35.5. The number of imide groups is 1. The average Bonchev–Trinajstić information content (AvgIpc) is 2.71. The van der Waals surface area contributed by atoms with Crippen LogP contribution >= 0.6 is 11.6 Å². The first-order valence-corrected chi connectivity index (χ1v) is 6.35. The van der Waals surface area contributed by atoms with Gasteiger partial charge in [0.1, 0.15) is 12.3 Å². The van der Waals surface area contributed by atoms with E-state index in [1.54, 1.807) is 12.1 Å². The molecule has 6 nitrogen and oxygen atoms in total. The predicted molar refractivity (Wildman–Crippen MR) is 72.6 cm³/mol. The highest BCUT2D eigenvalue weighted by Gasteiger charge is 2.30. The van der Waals surface area contributed by atoms with Crippen LogP contribution in [-0.4, -0.2) is 36.3 Å². The Hall–Kier alpha value is -2.08. The fraction of sp³-hybridized carbons (Fsp3) is 0.308. The van der Waals surface area contributed by atoms with Crippen molar-refractivity contribution in [3.05, 3.63) is 23.2 Å². The number of nitrogens with one attached hydrogen (secondary N) is 1. The van der Waals surface area contributed by atoms with Crippen LogP contribution in [0.15, 0.2) is 18.2 Å². The fourth-order valence-electron chi connectivity index (χ4n) is 1.89. The third-order valence-corrected chi connectivity index (χ3v) is 3.19. The van der Waals surface area contributed by atoms with E-state index in [0.29, 0.717) is 16.5 Å². The molecule has 0 radical (unpaired) electrons. The minimum absolute atomic E-state index is 0.167. The molecule has 1 N–H and O–H groups in total. The Bertz CT molecular complexity index is 557. The zero-order valence-electron chi connectivity index (χ0n) is 10.8. The number of carbonyl (C=O) groups excluding carboxylic acids is 3. The van der Waals surface area contributed by atoms with Gasteiger partial charge in [0.25, 0.3) is 0 Å². The summed E-state index contributed by atoms with van der Waals surface area (Å²) in [5, 5.41) is 2.94. The molecule has 1 aromatic rings. The Morgan fingerprint density at radius 3 is 2.55 bits per heavy atom. The van der Waals surface area contributed by atoms with E-state index in [9.17, 15) is 14.4 Å². The van der Waals surface area contributed by atoms with Gasteiger partial charge in [0.05, 0.1) is 12.1 Å². The van der Waals surface area contributed by atoms with Crippen LogP contribution in [0.4, 0.5) is 5.69 Å². The van der Waals surface area contributed by atoms with Crippen LogP contribution in [0, 0.1) is 0 Å². The second-order valence-electron chi connectivity index (χ2n) is 4.27. The molecule has 1 aromatic carbocycles. The number of methoxy groups -OCH3 is 1. The van der Waals surface area contributed by atoms with Gasteiger partial charge in [-0.1, -0.05) is 11.6 Å². The van der Waals surface area contributed by atoms with Gasteiger partial charge in [-0.25, -0.2) is 0 Å². The van der Waals surface area contributed by atoms with E-state index in [-0.39, 0.29) is 31.2 Å². The second kappa shape index (κ2) is 5.92. The number of ether oxygens (including phenoxy) is 1. The third-order valence-electron chi connectivity index (χ3n) is 2.89. The number of likely N-dealkylation sites (tertiary alicyclic amines) is 1. The number of benzene rings is 1. The van der Waals surface area contributed by atoms with Crippen molar-refractivity contribution in [2.45, 2.75) is 12.8 Å². The van der Waals surface area contributed by atoms with Gasteiger partial charge in [0.2, 0.25) is 17.7 Å². The summed E-state index contributed by atoms with van der Waals surface area (Å²) >= 11 is 5.93. The highest BCUT2D eigenvalue weighted by molar-refractivity contribution is 6.32. The van der Waals surface area contributed by atoms with E-state index >= 15 is 0 Å². The summed E-state index contributed by atoms with van der Waals surface area (Å²) in [7, 11) is 1.49. The Morgan fingerprint density at radius 1 is 1.35 bits per heavy atom. The minimum atomic E-state index is -0.449. The number of rotatable bonds is 4. The van der Waals surface area contributed by atoms with Gasteiger partial charge in [0, 0.05) is 18.5 Å². The first-order valence-electron chi connectivity index (χ1n) is 5.98. The summed E-state index contributed by atoms with van der Waals surface area (Å²) < 4.78 is 5.00. The normalized spacial score (nSPS) is 14.6. The lowest BCUT2D eigenvalue weighted by atomic mass is 10.3. The van der Waals surface area contributed by atoms with E-state index in [2.05, 4.69) is 5.32 Å². The molecule has 1 aliphatic heterocycles. The smallest absolute Gasteiger partial charge is 0.244 e. The van der Waals surface area contributed by atoms with Gasteiger partial charge < -0.3 is 10.1 Å². The SMILES string of the molecule is COc1ccc(NC(=O)CN2C(=O)CCC2=O)cc1Cl. The van der Waals surface area contributed by atoms with Crippen LogP contribution in [-0.2, 0) is 14.4 Å². The van der Waals surface area contributed by atoms with Crippen LogP contribution < -0.4 is 10.1 Å². The maximum atomic E-state index is 11.8. The van der Waals surface area contributed by atoms with Gasteiger partial charge >= 0.3 is 0 Å². The van der Waals surface area contributed by atoms with Crippen molar-refractivity contribution in [1.29, 1.82) is 0 Å². The molecular formula is C13H13ClN2O4. The Morgan fingerprint density at radius 2 is 2.00 bits per heavy atom. The molecule has 1 saturated heterocycles. The van der Waals surface area contributed by atoms with Gasteiger partial charge in [-0.15, -0.1) is 0 Å². The monoisotopic (exact) mass is 296 g/mol. The molecule has 106 valence electrons. The molecule has 1 heterocycles. The number of carbonyl (C=O) groups is 3. The van der Waals surface area contributed by atoms with Crippen molar-refractivity contribution >= 4 is 35.0 Å². The van der Waals surface area contributed by atoms with Crippen molar-refractivity contribution < 1.29 is 19.1 Å². The van der Waals surface area contributed by atoms with Crippen molar-refractivity contribution in [2.24, 2.45) is 0 Å². The number of halogens is 1. The molecule has 2 rings (SSSR count). The van der Waals surface area contributed by atoms with E-state index in [4.69, 9.17) is 16.3 Å². The lowest BCUT2D eigenvalue weighted by Crippen LogP contribution is -2.36. The van der Waals surface area contributed by atoms with Crippen molar-refractivity contribution in [3.8, 4) is 5.75 Å². The lowest BCUT2D eigenvalue weighted by Gasteiger charge is -2.13. The van der Waals surface area contributed by atoms with Crippen LogP contribution in [0.1, 0.15) is 12.8 Å². The highest BCUT2D eigenvalue weighted by Crippen LogP contribution is 2.27. The zero-order valence-corrected chi connectivity index (χ0v) is 11.6. The Balaban J connectivity index is 1.99. The summed E-state index contributed by atoms with van der Waals surface area (Å²) in [6.07, 6.45) is 0.334. The summed E-state index contributed by atoms with van der Waals surface area (Å²) in [5.41, 5.74) is 0.472. The molecule has 1 fully saturated rings.